The Morgan fingerprint density at radius 3 is 2.63 bits per heavy atom. The summed E-state index contributed by atoms with van der Waals surface area (Å²) < 4.78 is 0. The summed E-state index contributed by atoms with van der Waals surface area (Å²) in [4.78, 5) is 17.5. The van der Waals surface area contributed by atoms with Crippen LogP contribution in [-0.2, 0) is 11.2 Å². The number of carbonyl (C=O) groups excluding carboxylic acids is 1. The molecule has 0 saturated heterocycles. The van der Waals surface area contributed by atoms with E-state index in [2.05, 4.69) is 37.9 Å². The van der Waals surface area contributed by atoms with Gasteiger partial charge in [-0.2, -0.15) is 0 Å². The molecule has 102 valence electrons. The number of H-pyrrole nitrogens is 1. The van der Waals surface area contributed by atoms with Crippen molar-refractivity contribution in [2.24, 2.45) is 0 Å². The quantitative estimate of drug-likeness (QED) is 0.900. The SMILES string of the molecule is CCN(C(=O)Cc1ccc2cc[nH]c2c1)C(C)(C)C. The highest BCUT2D eigenvalue weighted by Gasteiger charge is 2.24. The molecule has 3 nitrogen and oxygen atoms in total. The first-order chi connectivity index (χ1) is 8.91. The number of amides is 1. The molecule has 2 rings (SSSR count). The molecule has 0 unspecified atom stereocenters. The number of hydrogen-bond donors (Lipinski definition) is 1. The van der Waals surface area contributed by atoms with Crippen LogP contribution < -0.4 is 0 Å². The normalized spacial score (nSPS) is 11.8. The van der Waals surface area contributed by atoms with Crippen molar-refractivity contribution in [3.05, 3.63) is 36.0 Å². The zero-order valence-corrected chi connectivity index (χ0v) is 12.2. The van der Waals surface area contributed by atoms with Crippen LogP contribution in [0, 0.1) is 0 Å². The zero-order valence-electron chi connectivity index (χ0n) is 12.2. The summed E-state index contributed by atoms with van der Waals surface area (Å²) in [7, 11) is 0. The van der Waals surface area contributed by atoms with Crippen LogP contribution in [0.15, 0.2) is 30.5 Å². The van der Waals surface area contributed by atoms with E-state index in [0.29, 0.717) is 6.42 Å². The maximum Gasteiger partial charge on any atom is 0.227 e. The summed E-state index contributed by atoms with van der Waals surface area (Å²) in [6.07, 6.45) is 2.38. The summed E-state index contributed by atoms with van der Waals surface area (Å²) in [6.45, 7) is 8.98. The fraction of sp³-hybridized carbons (Fsp3) is 0.438. The second-order valence-electron chi connectivity index (χ2n) is 5.88. The molecule has 0 atom stereocenters. The number of hydrogen-bond acceptors (Lipinski definition) is 1. The Hall–Kier alpha value is -1.77. The van der Waals surface area contributed by atoms with Crippen LogP contribution in [0.1, 0.15) is 33.3 Å². The van der Waals surface area contributed by atoms with Gasteiger partial charge in [0, 0.05) is 23.8 Å². The van der Waals surface area contributed by atoms with E-state index < -0.39 is 0 Å². The minimum atomic E-state index is -0.123. The molecule has 3 heteroatoms. The molecule has 0 radical (unpaired) electrons. The number of fused-ring (bicyclic) bond motifs is 1. The van der Waals surface area contributed by atoms with Crippen LogP contribution in [0.2, 0.25) is 0 Å². The predicted octanol–water partition coefficient (Wildman–Crippen LogP) is 3.36. The molecule has 0 bridgehead atoms. The minimum Gasteiger partial charge on any atom is -0.361 e. The largest absolute Gasteiger partial charge is 0.361 e. The van der Waals surface area contributed by atoms with E-state index in [9.17, 15) is 4.79 Å². The average molecular weight is 258 g/mol. The van der Waals surface area contributed by atoms with Crippen molar-refractivity contribution in [2.75, 3.05) is 6.54 Å². The van der Waals surface area contributed by atoms with Gasteiger partial charge in [-0.1, -0.05) is 12.1 Å². The molecule has 1 aromatic heterocycles. The molecule has 1 N–H and O–H groups in total. The summed E-state index contributed by atoms with van der Waals surface area (Å²) in [5.74, 6) is 0.181. The standard InChI is InChI=1S/C16H22N2O/c1-5-18(16(2,3)4)15(19)11-12-6-7-13-8-9-17-14(13)10-12/h6-10,17H,5,11H2,1-4H3. The van der Waals surface area contributed by atoms with Gasteiger partial charge in [-0.15, -0.1) is 0 Å². The third-order valence-electron chi connectivity index (χ3n) is 3.40. The first-order valence-electron chi connectivity index (χ1n) is 6.78. The number of rotatable bonds is 3. The van der Waals surface area contributed by atoms with E-state index in [4.69, 9.17) is 0 Å². The van der Waals surface area contributed by atoms with Crippen LogP contribution in [0.3, 0.4) is 0 Å². The van der Waals surface area contributed by atoms with Gasteiger partial charge in [0.25, 0.3) is 0 Å². The molecule has 0 aliphatic rings. The van der Waals surface area contributed by atoms with E-state index in [1.54, 1.807) is 0 Å². The van der Waals surface area contributed by atoms with Crippen molar-refractivity contribution in [2.45, 2.75) is 39.7 Å². The molecule has 0 aliphatic heterocycles. The van der Waals surface area contributed by atoms with Crippen molar-refractivity contribution < 1.29 is 4.79 Å². The molecular weight excluding hydrogens is 236 g/mol. The first kappa shape index (κ1) is 13.7. The molecule has 1 amide bonds. The second-order valence-corrected chi connectivity index (χ2v) is 5.88. The molecule has 0 aliphatic carbocycles. The fourth-order valence-corrected chi connectivity index (χ4v) is 2.50. The summed E-state index contributed by atoms with van der Waals surface area (Å²) in [6, 6.07) is 8.19. The maximum absolute atomic E-state index is 12.4. The van der Waals surface area contributed by atoms with Crippen molar-refractivity contribution in [3.8, 4) is 0 Å². The number of likely N-dealkylation sites (N-methyl/N-ethyl adjacent to an activating group) is 1. The van der Waals surface area contributed by atoms with Gasteiger partial charge >= 0.3 is 0 Å². The van der Waals surface area contributed by atoms with Gasteiger partial charge in [-0.25, -0.2) is 0 Å². The Bertz CT molecular complexity index is 578. The second kappa shape index (κ2) is 5.08. The highest BCUT2D eigenvalue weighted by molar-refractivity contribution is 5.83. The van der Waals surface area contributed by atoms with Crippen LogP contribution in [0.25, 0.3) is 10.9 Å². The maximum atomic E-state index is 12.4. The van der Waals surface area contributed by atoms with Crippen LogP contribution in [-0.4, -0.2) is 27.9 Å². The Balaban J connectivity index is 2.17. The fourth-order valence-electron chi connectivity index (χ4n) is 2.50. The van der Waals surface area contributed by atoms with Crippen LogP contribution in [0.5, 0.6) is 0 Å². The van der Waals surface area contributed by atoms with E-state index in [-0.39, 0.29) is 11.4 Å². The van der Waals surface area contributed by atoms with E-state index in [1.807, 2.05) is 30.2 Å². The van der Waals surface area contributed by atoms with Gasteiger partial charge in [0.15, 0.2) is 0 Å². The lowest BCUT2D eigenvalue weighted by Gasteiger charge is -2.35. The number of carbonyl (C=O) groups is 1. The minimum absolute atomic E-state index is 0.123. The smallest absolute Gasteiger partial charge is 0.227 e. The zero-order chi connectivity index (χ0) is 14.0. The monoisotopic (exact) mass is 258 g/mol. The Kier molecular flexibility index (Phi) is 3.65. The number of nitrogens with one attached hydrogen (secondary N) is 1. The van der Waals surface area contributed by atoms with E-state index in [0.717, 1.165) is 17.6 Å². The highest BCUT2D eigenvalue weighted by Crippen LogP contribution is 2.18. The lowest BCUT2D eigenvalue weighted by atomic mass is 10.0. The molecule has 0 fully saturated rings. The van der Waals surface area contributed by atoms with Crippen molar-refractivity contribution in [3.63, 3.8) is 0 Å². The van der Waals surface area contributed by atoms with Gasteiger partial charge in [-0.3, -0.25) is 4.79 Å². The Morgan fingerprint density at radius 2 is 2.00 bits per heavy atom. The third-order valence-corrected chi connectivity index (χ3v) is 3.40. The molecule has 0 saturated carbocycles. The van der Waals surface area contributed by atoms with Gasteiger partial charge in [-0.05, 0) is 50.8 Å². The topological polar surface area (TPSA) is 36.1 Å². The molecular formula is C16H22N2O. The number of aromatic amines is 1. The summed E-state index contributed by atoms with van der Waals surface area (Å²) in [5, 5.41) is 1.18. The summed E-state index contributed by atoms with van der Waals surface area (Å²) >= 11 is 0. The first-order valence-corrected chi connectivity index (χ1v) is 6.78. The van der Waals surface area contributed by atoms with Gasteiger partial charge in [0.1, 0.15) is 0 Å². The Labute approximate surface area is 114 Å². The average Bonchev–Trinajstić information content (AvgIpc) is 2.74. The molecule has 19 heavy (non-hydrogen) atoms. The summed E-state index contributed by atoms with van der Waals surface area (Å²) in [5.41, 5.74) is 2.02. The van der Waals surface area contributed by atoms with Gasteiger partial charge in [0.2, 0.25) is 5.91 Å². The lowest BCUT2D eigenvalue weighted by Crippen LogP contribution is -2.46. The van der Waals surface area contributed by atoms with Crippen molar-refractivity contribution >= 4 is 16.8 Å². The number of benzene rings is 1. The molecule has 2 aromatic rings. The van der Waals surface area contributed by atoms with E-state index in [1.165, 1.54) is 5.39 Å². The van der Waals surface area contributed by atoms with Gasteiger partial charge < -0.3 is 9.88 Å². The van der Waals surface area contributed by atoms with Gasteiger partial charge in [0.05, 0.1) is 6.42 Å². The third kappa shape index (κ3) is 2.98. The number of aromatic nitrogens is 1. The Morgan fingerprint density at radius 1 is 1.26 bits per heavy atom. The predicted molar refractivity (Wildman–Crippen MR) is 79.1 cm³/mol. The molecule has 1 aromatic carbocycles. The van der Waals surface area contributed by atoms with Crippen molar-refractivity contribution in [1.29, 1.82) is 0 Å². The number of nitrogens with zero attached hydrogens (tertiary/aromatic N) is 1. The lowest BCUT2D eigenvalue weighted by molar-refractivity contribution is -0.134. The molecule has 1 heterocycles. The molecule has 0 spiro atoms. The van der Waals surface area contributed by atoms with Crippen LogP contribution in [0.4, 0.5) is 0 Å². The van der Waals surface area contributed by atoms with Crippen LogP contribution >= 0.6 is 0 Å². The highest BCUT2D eigenvalue weighted by atomic mass is 16.2. The van der Waals surface area contributed by atoms with E-state index >= 15 is 0 Å². The van der Waals surface area contributed by atoms with Crippen molar-refractivity contribution in [1.82, 2.24) is 9.88 Å².